The van der Waals surface area contributed by atoms with Crippen LogP contribution in [0.25, 0.3) is 0 Å². The molecule has 3 heteroatoms. The Balaban J connectivity index is 2.09. The van der Waals surface area contributed by atoms with E-state index in [-0.39, 0.29) is 5.60 Å². The lowest BCUT2D eigenvalue weighted by molar-refractivity contribution is -0.00468. The van der Waals surface area contributed by atoms with E-state index >= 15 is 0 Å². The van der Waals surface area contributed by atoms with Crippen molar-refractivity contribution in [3.63, 3.8) is 0 Å². The molecule has 84 valence electrons. The van der Waals surface area contributed by atoms with E-state index in [1.807, 2.05) is 11.8 Å². The highest BCUT2D eigenvalue weighted by molar-refractivity contribution is 7.99. The second-order valence-corrected chi connectivity index (χ2v) is 5.94. The maximum atomic E-state index is 8.87. The smallest absolute Gasteiger partial charge is 0.0673 e. The van der Waals surface area contributed by atoms with Crippen LogP contribution in [0.4, 0.5) is 0 Å². The van der Waals surface area contributed by atoms with Gasteiger partial charge in [0.1, 0.15) is 0 Å². The van der Waals surface area contributed by atoms with Gasteiger partial charge in [-0.25, -0.2) is 0 Å². The lowest BCUT2D eigenvalue weighted by atomic mass is 10.1. The summed E-state index contributed by atoms with van der Waals surface area (Å²) in [5, 5.41) is 8.87. The average molecular weight is 218 g/mol. The summed E-state index contributed by atoms with van der Waals surface area (Å²) < 4.78 is 5.88. The Labute approximate surface area is 91.4 Å². The van der Waals surface area contributed by atoms with E-state index in [0.717, 1.165) is 11.5 Å². The molecule has 1 fully saturated rings. The first kappa shape index (κ1) is 12.3. The Bertz CT molecular complexity index is 171. The molecule has 0 radical (unpaired) electrons. The van der Waals surface area contributed by atoms with Crippen molar-refractivity contribution in [2.45, 2.75) is 45.3 Å². The van der Waals surface area contributed by atoms with Crippen molar-refractivity contribution in [3.8, 4) is 0 Å². The summed E-state index contributed by atoms with van der Waals surface area (Å²) in [5.41, 5.74) is 0.0911. The molecule has 2 nitrogen and oxygen atoms in total. The van der Waals surface area contributed by atoms with Gasteiger partial charge >= 0.3 is 0 Å². The van der Waals surface area contributed by atoms with Gasteiger partial charge in [-0.15, -0.1) is 0 Å². The maximum Gasteiger partial charge on any atom is 0.0673 e. The van der Waals surface area contributed by atoms with Crippen molar-refractivity contribution in [3.05, 3.63) is 0 Å². The molecule has 14 heavy (non-hydrogen) atoms. The van der Waals surface area contributed by atoms with Gasteiger partial charge in [0.15, 0.2) is 0 Å². The molecule has 1 saturated heterocycles. The molecule has 0 aromatic carbocycles. The van der Waals surface area contributed by atoms with Gasteiger partial charge in [0.05, 0.1) is 11.7 Å². The van der Waals surface area contributed by atoms with Gasteiger partial charge in [-0.2, -0.15) is 11.8 Å². The minimum atomic E-state index is 0.0911. The largest absolute Gasteiger partial charge is 0.396 e. The van der Waals surface area contributed by atoms with Gasteiger partial charge in [0, 0.05) is 12.4 Å². The average Bonchev–Trinajstić information content (AvgIpc) is 2.45. The Morgan fingerprint density at radius 3 is 2.79 bits per heavy atom. The highest BCUT2D eigenvalue weighted by Crippen LogP contribution is 2.31. The second-order valence-electron chi connectivity index (χ2n) is 4.86. The predicted molar refractivity (Wildman–Crippen MR) is 61.8 cm³/mol. The van der Waals surface area contributed by atoms with Crippen LogP contribution in [0.3, 0.4) is 0 Å². The van der Waals surface area contributed by atoms with Crippen LogP contribution in [-0.2, 0) is 4.74 Å². The van der Waals surface area contributed by atoms with Crippen LogP contribution in [0, 0.1) is 5.92 Å². The van der Waals surface area contributed by atoms with E-state index in [9.17, 15) is 0 Å². The van der Waals surface area contributed by atoms with Crippen LogP contribution in [0.1, 0.15) is 33.6 Å². The molecule has 1 rings (SSSR count). The fourth-order valence-electron chi connectivity index (χ4n) is 1.65. The number of hydrogen-bond acceptors (Lipinski definition) is 3. The van der Waals surface area contributed by atoms with Gasteiger partial charge in [-0.3, -0.25) is 0 Å². The summed E-state index contributed by atoms with van der Waals surface area (Å²) in [6.45, 7) is 6.69. The van der Waals surface area contributed by atoms with Crippen LogP contribution < -0.4 is 0 Å². The molecule has 0 saturated carbocycles. The zero-order chi connectivity index (χ0) is 10.6. The summed E-state index contributed by atoms with van der Waals surface area (Å²) in [6, 6.07) is 0. The third kappa shape index (κ3) is 4.20. The molecule has 2 atom stereocenters. The summed E-state index contributed by atoms with van der Waals surface area (Å²) in [6.07, 6.45) is 2.79. The number of rotatable bonds is 5. The molecule has 0 aliphatic carbocycles. The second kappa shape index (κ2) is 5.38. The van der Waals surface area contributed by atoms with Gasteiger partial charge in [0.2, 0.25) is 0 Å². The van der Waals surface area contributed by atoms with Crippen molar-refractivity contribution in [2.75, 3.05) is 18.1 Å². The minimum absolute atomic E-state index is 0.0911. The summed E-state index contributed by atoms with van der Waals surface area (Å²) in [4.78, 5) is 0. The molecule has 1 N–H and O–H groups in total. The van der Waals surface area contributed by atoms with Crippen molar-refractivity contribution >= 4 is 11.8 Å². The van der Waals surface area contributed by atoms with Crippen LogP contribution in [-0.4, -0.2) is 34.9 Å². The van der Waals surface area contributed by atoms with Crippen LogP contribution >= 0.6 is 11.8 Å². The van der Waals surface area contributed by atoms with E-state index in [1.54, 1.807) is 0 Å². The van der Waals surface area contributed by atoms with Gasteiger partial charge in [-0.1, -0.05) is 6.92 Å². The van der Waals surface area contributed by atoms with E-state index in [0.29, 0.717) is 18.6 Å². The van der Waals surface area contributed by atoms with E-state index in [1.165, 1.54) is 12.8 Å². The molecule has 2 unspecified atom stereocenters. The normalized spacial score (nSPS) is 27.9. The number of aliphatic hydroxyl groups is 1. The Hall–Kier alpha value is 0.270. The zero-order valence-corrected chi connectivity index (χ0v) is 10.3. The maximum absolute atomic E-state index is 8.87. The first-order valence-electron chi connectivity index (χ1n) is 5.40. The van der Waals surface area contributed by atoms with Gasteiger partial charge in [-0.05, 0) is 38.4 Å². The standard InChI is InChI=1S/C11H22O2S/c1-9(6-12)7-14-8-10-4-5-11(2,3)13-10/h9-10,12H,4-8H2,1-3H3. The Kier molecular flexibility index (Phi) is 4.74. The molecule has 0 spiro atoms. The molecular weight excluding hydrogens is 196 g/mol. The minimum Gasteiger partial charge on any atom is -0.396 e. The molecule has 1 aliphatic heterocycles. The predicted octanol–water partition coefficient (Wildman–Crippen LogP) is 2.31. The fraction of sp³-hybridized carbons (Fsp3) is 1.00. The third-order valence-electron chi connectivity index (χ3n) is 2.57. The Morgan fingerprint density at radius 2 is 2.29 bits per heavy atom. The molecule has 0 aromatic rings. The summed E-state index contributed by atoms with van der Waals surface area (Å²) in [7, 11) is 0. The quantitative estimate of drug-likeness (QED) is 0.768. The van der Waals surface area contributed by atoms with E-state index < -0.39 is 0 Å². The summed E-state index contributed by atoms with van der Waals surface area (Å²) >= 11 is 1.90. The number of thioether (sulfide) groups is 1. The first-order valence-corrected chi connectivity index (χ1v) is 6.55. The molecular formula is C11H22O2S. The molecule has 1 aliphatic rings. The van der Waals surface area contributed by atoms with Crippen molar-refractivity contribution in [1.29, 1.82) is 0 Å². The highest BCUT2D eigenvalue weighted by atomic mass is 32.2. The number of ether oxygens (including phenoxy) is 1. The topological polar surface area (TPSA) is 29.5 Å². The van der Waals surface area contributed by atoms with E-state index in [2.05, 4.69) is 20.8 Å². The number of aliphatic hydroxyl groups excluding tert-OH is 1. The highest BCUT2D eigenvalue weighted by Gasteiger charge is 2.31. The third-order valence-corrected chi connectivity index (χ3v) is 3.98. The molecule has 0 amide bonds. The molecule has 0 aromatic heterocycles. The Morgan fingerprint density at radius 1 is 1.57 bits per heavy atom. The lowest BCUT2D eigenvalue weighted by Crippen LogP contribution is -2.21. The van der Waals surface area contributed by atoms with Gasteiger partial charge < -0.3 is 9.84 Å². The van der Waals surface area contributed by atoms with Crippen LogP contribution in [0.5, 0.6) is 0 Å². The first-order chi connectivity index (χ1) is 6.53. The molecule has 1 heterocycles. The monoisotopic (exact) mass is 218 g/mol. The molecule has 0 bridgehead atoms. The van der Waals surface area contributed by atoms with E-state index in [4.69, 9.17) is 9.84 Å². The van der Waals surface area contributed by atoms with Crippen LogP contribution in [0.15, 0.2) is 0 Å². The van der Waals surface area contributed by atoms with Crippen molar-refractivity contribution < 1.29 is 9.84 Å². The SMILES string of the molecule is CC(CO)CSCC1CCC(C)(C)O1. The number of hydrogen-bond donors (Lipinski definition) is 1. The van der Waals surface area contributed by atoms with Crippen LogP contribution in [0.2, 0.25) is 0 Å². The zero-order valence-electron chi connectivity index (χ0n) is 9.45. The van der Waals surface area contributed by atoms with Gasteiger partial charge in [0.25, 0.3) is 0 Å². The van der Waals surface area contributed by atoms with Crippen molar-refractivity contribution in [1.82, 2.24) is 0 Å². The fourth-order valence-corrected chi connectivity index (χ4v) is 2.79. The lowest BCUT2D eigenvalue weighted by Gasteiger charge is -2.19. The van der Waals surface area contributed by atoms with Crippen molar-refractivity contribution in [2.24, 2.45) is 5.92 Å². The summed E-state index contributed by atoms with van der Waals surface area (Å²) in [5.74, 6) is 2.53.